The number of thioether (sulfide) groups is 1. The average molecular weight is 389 g/mol. The number of aromatic nitrogens is 2. The Morgan fingerprint density at radius 2 is 1.88 bits per heavy atom. The van der Waals surface area contributed by atoms with Crippen LogP contribution in [0.25, 0.3) is 0 Å². The molecule has 8 heteroatoms. The van der Waals surface area contributed by atoms with E-state index in [4.69, 9.17) is 4.74 Å². The first-order valence-electron chi connectivity index (χ1n) is 7.76. The molecule has 1 aromatic heterocycles. The molecule has 0 bridgehead atoms. The van der Waals surface area contributed by atoms with Crippen LogP contribution < -0.4 is 10.1 Å². The third-order valence-electron chi connectivity index (χ3n) is 3.45. The molecule has 5 nitrogen and oxygen atoms in total. The first-order valence-corrected chi connectivity index (χ1v) is 9.56. The van der Waals surface area contributed by atoms with E-state index in [2.05, 4.69) is 15.5 Å². The van der Waals surface area contributed by atoms with E-state index < -0.39 is 0 Å². The van der Waals surface area contributed by atoms with Crippen LogP contribution in [0.1, 0.15) is 20.4 Å². The predicted molar refractivity (Wildman–Crippen MR) is 100 cm³/mol. The maximum Gasteiger partial charge on any atom is 0.282 e. The highest BCUT2D eigenvalue weighted by Crippen LogP contribution is 2.26. The maximum absolute atomic E-state index is 12.9. The van der Waals surface area contributed by atoms with Gasteiger partial charge in [-0.25, -0.2) is 4.39 Å². The summed E-state index contributed by atoms with van der Waals surface area (Å²) in [7, 11) is 1.63. The highest BCUT2D eigenvalue weighted by atomic mass is 32.2. The number of ether oxygens (including phenoxy) is 1. The molecule has 0 atom stereocenters. The number of methoxy groups -OCH3 is 1. The van der Waals surface area contributed by atoms with Crippen molar-refractivity contribution in [3.8, 4) is 5.75 Å². The number of benzene rings is 2. The predicted octanol–water partition coefficient (Wildman–Crippen LogP) is 3.91. The standard InChI is InChI=1S/C18H16FN3O2S2/c1-24-14-6-8-15(9-7-14)25-11-16-21-22-18(26-16)17(23)20-10-12-2-4-13(19)5-3-12/h2-9H,10-11H2,1H3,(H,20,23). The normalized spacial score (nSPS) is 10.5. The van der Waals surface area contributed by atoms with Gasteiger partial charge < -0.3 is 10.1 Å². The Bertz CT molecular complexity index is 867. The molecular formula is C18H16FN3O2S2. The molecule has 0 spiro atoms. The van der Waals surface area contributed by atoms with E-state index in [9.17, 15) is 9.18 Å². The molecule has 0 saturated heterocycles. The molecular weight excluding hydrogens is 373 g/mol. The van der Waals surface area contributed by atoms with Crippen molar-refractivity contribution in [2.24, 2.45) is 0 Å². The minimum absolute atomic E-state index is 0.285. The molecule has 1 heterocycles. The quantitative estimate of drug-likeness (QED) is 0.621. The summed E-state index contributed by atoms with van der Waals surface area (Å²) in [6.07, 6.45) is 0. The maximum atomic E-state index is 12.9. The van der Waals surface area contributed by atoms with Gasteiger partial charge >= 0.3 is 0 Å². The van der Waals surface area contributed by atoms with Crippen molar-refractivity contribution in [3.05, 3.63) is 69.9 Å². The summed E-state index contributed by atoms with van der Waals surface area (Å²) in [6.45, 7) is 0.314. The van der Waals surface area contributed by atoms with Crippen LogP contribution in [0.2, 0.25) is 0 Å². The van der Waals surface area contributed by atoms with Crippen molar-refractivity contribution in [2.45, 2.75) is 17.2 Å². The Labute approximate surface area is 158 Å². The van der Waals surface area contributed by atoms with Crippen LogP contribution in [-0.4, -0.2) is 23.2 Å². The molecule has 0 unspecified atom stereocenters. The number of carbonyl (C=O) groups excluding carboxylic acids is 1. The number of halogens is 1. The number of carbonyl (C=O) groups is 1. The zero-order chi connectivity index (χ0) is 18.4. The molecule has 0 radical (unpaired) electrons. The van der Waals surface area contributed by atoms with Gasteiger partial charge in [-0.3, -0.25) is 4.79 Å². The molecule has 134 valence electrons. The molecule has 1 N–H and O–H groups in total. The molecule has 0 aliphatic carbocycles. The molecule has 26 heavy (non-hydrogen) atoms. The number of nitrogens with one attached hydrogen (secondary N) is 1. The van der Waals surface area contributed by atoms with Crippen LogP contribution in [0.4, 0.5) is 4.39 Å². The van der Waals surface area contributed by atoms with Gasteiger partial charge in [0.15, 0.2) is 0 Å². The molecule has 2 aromatic carbocycles. The summed E-state index contributed by atoms with van der Waals surface area (Å²) in [4.78, 5) is 13.2. The molecule has 0 fully saturated rings. The SMILES string of the molecule is COc1ccc(SCc2nnc(C(=O)NCc3ccc(F)cc3)s2)cc1. The fourth-order valence-corrected chi connectivity index (χ4v) is 3.72. The Morgan fingerprint density at radius 1 is 1.15 bits per heavy atom. The molecule has 3 aromatic rings. The second-order valence-electron chi connectivity index (χ2n) is 5.27. The lowest BCUT2D eigenvalue weighted by Gasteiger charge is -2.02. The molecule has 0 aliphatic rings. The van der Waals surface area contributed by atoms with E-state index in [1.54, 1.807) is 31.0 Å². The van der Waals surface area contributed by atoms with E-state index in [0.29, 0.717) is 17.3 Å². The van der Waals surface area contributed by atoms with E-state index in [1.807, 2.05) is 24.3 Å². The summed E-state index contributed by atoms with van der Waals surface area (Å²) in [6, 6.07) is 13.7. The van der Waals surface area contributed by atoms with Gasteiger partial charge in [0.25, 0.3) is 5.91 Å². The number of hydrogen-bond donors (Lipinski definition) is 1. The first kappa shape index (κ1) is 18.3. The summed E-state index contributed by atoms with van der Waals surface area (Å²) < 4.78 is 18.0. The van der Waals surface area contributed by atoms with Crippen LogP contribution >= 0.6 is 23.1 Å². The zero-order valence-corrected chi connectivity index (χ0v) is 15.6. The Kier molecular flexibility index (Phi) is 6.19. The van der Waals surface area contributed by atoms with Crippen molar-refractivity contribution in [3.63, 3.8) is 0 Å². The van der Waals surface area contributed by atoms with Crippen molar-refractivity contribution in [2.75, 3.05) is 7.11 Å². The zero-order valence-electron chi connectivity index (χ0n) is 13.9. The minimum Gasteiger partial charge on any atom is -0.497 e. The van der Waals surface area contributed by atoms with Gasteiger partial charge in [-0.2, -0.15) is 0 Å². The molecule has 0 aliphatic heterocycles. The fraction of sp³-hybridized carbons (Fsp3) is 0.167. The summed E-state index contributed by atoms with van der Waals surface area (Å²) in [5.41, 5.74) is 0.819. The minimum atomic E-state index is -0.303. The van der Waals surface area contributed by atoms with Gasteiger partial charge in [0.2, 0.25) is 5.01 Å². The fourth-order valence-electron chi connectivity index (χ4n) is 2.08. The van der Waals surface area contributed by atoms with Gasteiger partial charge in [0.05, 0.1) is 12.9 Å². The molecule has 0 saturated carbocycles. The van der Waals surface area contributed by atoms with Crippen molar-refractivity contribution < 1.29 is 13.9 Å². The van der Waals surface area contributed by atoms with Crippen LogP contribution in [0.3, 0.4) is 0 Å². The van der Waals surface area contributed by atoms with Gasteiger partial charge in [-0.1, -0.05) is 23.5 Å². The van der Waals surface area contributed by atoms with Crippen LogP contribution in [-0.2, 0) is 12.3 Å². The van der Waals surface area contributed by atoms with E-state index in [1.165, 1.54) is 23.5 Å². The first-order chi connectivity index (χ1) is 12.6. The number of hydrogen-bond acceptors (Lipinski definition) is 6. The van der Waals surface area contributed by atoms with Gasteiger partial charge in [0.1, 0.15) is 16.6 Å². The van der Waals surface area contributed by atoms with Crippen LogP contribution in [0.5, 0.6) is 5.75 Å². The Hall–Kier alpha value is -2.45. The van der Waals surface area contributed by atoms with Crippen molar-refractivity contribution >= 4 is 29.0 Å². The van der Waals surface area contributed by atoms with Crippen LogP contribution in [0.15, 0.2) is 53.4 Å². The lowest BCUT2D eigenvalue weighted by atomic mass is 10.2. The Balaban J connectivity index is 1.51. The van der Waals surface area contributed by atoms with E-state index in [0.717, 1.165) is 21.2 Å². The van der Waals surface area contributed by atoms with Crippen molar-refractivity contribution in [1.29, 1.82) is 0 Å². The summed E-state index contributed by atoms with van der Waals surface area (Å²) >= 11 is 2.88. The molecule has 1 amide bonds. The van der Waals surface area contributed by atoms with Gasteiger partial charge in [-0.05, 0) is 42.0 Å². The smallest absolute Gasteiger partial charge is 0.282 e. The summed E-state index contributed by atoms with van der Waals surface area (Å²) in [5.74, 6) is 0.857. The summed E-state index contributed by atoms with van der Waals surface area (Å²) in [5, 5.41) is 11.9. The van der Waals surface area contributed by atoms with E-state index >= 15 is 0 Å². The molecule has 3 rings (SSSR count). The van der Waals surface area contributed by atoms with E-state index in [-0.39, 0.29) is 11.7 Å². The topological polar surface area (TPSA) is 64.1 Å². The number of amides is 1. The second kappa shape index (κ2) is 8.77. The highest BCUT2D eigenvalue weighted by Gasteiger charge is 2.13. The Morgan fingerprint density at radius 3 is 2.58 bits per heavy atom. The second-order valence-corrected chi connectivity index (χ2v) is 7.39. The third kappa shape index (κ3) is 5.03. The highest BCUT2D eigenvalue weighted by molar-refractivity contribution is 7.98. The lowest BCUT2D eigenvalue weighted by molar-refractivity contribution is 0.0950. The van der Waals surface area contributed by atoms with Crippen LogP contribution in [0, 0.1) is 5.82 Å². The monoisotopic (exact) mass is 389 g/mol. The van der Waals surface area contributed by atoms with Gasteiger partial charge in [0, 0.05) is 11.4 Å². The average Bonchev–Trinajstić information content (AvgIpc) is 3.15. The largest absolute Gasteiger partial charge is 0.497 e. The van der Waals surface area contributed by atoms with Crippen molar-refractivity contribution in [1.82, 2.24) is 15.5 Å². The van der Waals surface area contributed by atoms with Gasteiger partial charge in [-0.15, -0.1) is 22.0 Å². The number of nitrogens with zero attached hydrogens (tertiary/aromatic N) is 2. The third-order valence-corrected chi connectivity index (χ3v) is 5.58. The number of rotatable bonds is 7. The lowest BCUT2D eigenvalue weighted by Crippen LogP contribution is -2.22.